The Morgan fingerprint density at radius 2 is 2.12 bits per heavy atom. The van der Waals surface area contributed by atoms with Gasteiger partial charge in [-0.3, -0.25) is 0 Å². The number of ether oxygens (including phenoxy) is 1. The first-order chi connectivity index (χ1) is 8.06. The molecule has 0 heterocycles. The van der Waals surface area contributed by atoms with Crippen LogP contribution in [0.25, 0.3) is 0 Å². The summed E-state index contributed by atoms with van der Waals surface area (Å²) in [6, 6.07) is 8.03. The summed E-state index contributed by atoms with van der Waals surface area (Å²) in [7, 11) is 1.69. The fourth-order valence-corrected chi connectivity index (χ4v) is 1.76. The standard InChI is InChI=1S/C14H23NO2/c1-12-5-4-6-13(11-12)14(2,16)7-8-15-9-10-17-3/h4-6,11,15-16H,7-10H2,1-3H3. The Morgan fingerprint density at radius 3 is 2.76 bits per heavy atom. The molecule has 0 saturated carbocycles. The van der Waals surface area contributed by atoms with Crippen molar-refractivity contribution in [3.8, 4) is 0 Å². The minimum Gasteiger partial charge on any atom is -0.385 e. The van der Waals surface area contributed by atoms with Crippen molar-refractivity contribution < 1.29 is 9.84 Å². The lowest BCUT2D eigenvalue weighted by atomic mass is 9.91. The maximum absolute atomic E-state index is 10.4. The Bertz CT molecular complexity index is 337. The summed E-state index contributed by atoms with van der Waals surface area (Å²) in [6.45, 7) is 6.20. The molecule has 0 aliphatic heterocycles. The summed E-state index contributed by atoms with van der Waals surface area (Å²) >= 11 is 0. The number of hydrogen-bond acceptors (Lipinski definition) is 3. The highest BCUT2D eigenvalue weighted by Crippen LogP contribution is 2.24. The molecule has 0 radical (unpaired) electrons. The summed E-state index contributed by atoms with van der Waals surface area (Å²) in [5.74, 6) is 0. The number of methoxy groups -OCH3 is 1. The van der Waals surface area contributed by atoms with Gasteiger partial charge in [0.25, 0.3) is 0 Å². The molecule has 0 amide bonds. The zero-order chi connectivity index (χ0) is 12.7. The Kier molecular flexibility index (Phi) is 5.62. The van der Waals surface area contributed by atoms with Gasteiger partial charge in [0.05, 0.1) is 12.2 Å². The molecule has 17 heavy (non-hydrogen) atoms. The predicted octanol–water partition coefficient (Wildman–Crippen LogP) is 1.83. The Labute approximate surface area is 104 Å². The van der Waals surface area contributed by atoms with E-state index < -0.39 is 5.60 Å². The van der Waals surface area contributed by atoms with Gasteiger partial charge in [-0.25, -0.2) is 0 Å². The Balaban J connectivity index is 2.45. The number of aliphatic hydroxyl groups is 1. The van der Waals surface area contributed by atoms with Gasteiger partial charge in [0.1, 0.15) is 0 Å². The van der Waals surface area contributed by atoms with Crippen molar-refractivity contribution in [3.05, 3.63) is 35.4 Å². The van der Waals surface area contributed by atoms with Crippen LogP contribution >= 0.6 is 0 Å². The maximum Gasteiger partial charge on any atom is 0.0880 e. The van der Waals surface area contributed by atoms with Gasteiger partial charge in [-0.1, -0.05) is 29.8 Å². The van der Waals surface area contributed by atoms with E-state index in [0.717, 1.165) is 18.7 Å². The third-order valence-corrected chi connectivity index (χ3v) is 2.91. The van der Waals surface area contributed by atoms with Gasteiger partial charge < -0.3 is 15.2 Å². The molecular weight excluding hydrogens is 214 g/mol. The third kappa shape index (κ3) is 4.86. The van der Waals surface area contributed by atoms with Gasteiger partial charge in [0.2, 0.25) is 0 Å². The van der Waals surface area contributed by atoms with Crippen molar-refractivity contribution in [3.63, 3.8) is 0 Å². The Hall–Kier alpha value is -0.900. The smallest absolute Gasteiger partial charge is 0.0880 e. The highest BCUT2D eigenvalue weighted by atomic mass is 16.5. The van der Waals surface area contributed by atoms with Crippen molar-refractivity contribution in [1.29, 1.82) is 0 Å². The second-order valence-electron chi connectivity index (χ2n) is 4.64. The van der Waals surface area contributed by atoms with E-state index in [-0.39, 0.29) is 0 Å². The first-order valence-electron chi connectivity index (χ1n) is 6.05. The molecule has 1 aromatic rings. The molecule has 0 fully saturated rings. The van der Waals surface area contributed by atoms with Crippen LogP contribution in [0.4, 0.5) is 0 Å². The molecule has 0 saturated heterocycles. The van der Waals surface area contributed by atoms with Crippen LogP contribution in [-0.4, -0.2) is 31.9 Å². The third-order valence-electron chi connectivity index (χ3n) is 2.91. The minimum atomic E-state index is -0.772. The lowest BCUT2D eigenvalue weighted by Crippen LogP contribution is -2.29. The van der Waals surface area contributed by atoms with Crippen LogP contribution in [0.15, 0.2) is 24.3 Å². The fraction of sp³-hybridized carbons (Fsp3) is 0.571. The van der Waals surface area contributed by atoms with E-state index in [1.54, 1.807) is 7.11 Å². The number of rotatable bonds is 7. The van der Waals surface area contributed by atoms with Crippen molar-refractivity contribution in [2.24, 2.45) is 0 Å². The zero-order valence-electron chi connectivity index (χ0n) is 11.0. The van der Waals surface area contributed by atoms with Crippen LogP contribution in [0.1, 0.15) is 24.5 Å². The molecule has 0 spiro atoms. The number of nitrogens with one attached hydrogen (secondary N) is 1. The second-order valence-corrected chi connectivity index (χ2v) is 4.64. The molecule has 3 heteroatoms. The first kappa shape index (κ1) is 14.2. The normalized spacial score (nSPS) is 14.6. The van der Waals surface area contributed by atoms with Crippen molar-refractivity contribution in [2.75, 3.05) is 26.8 Å². The fourth-order valence-electron chi connectivity index (χ4n) is 1.76. The lowest BCUT2D eigenvalue weighted by molar-refractivity contribution is 0.0474. The number of aryl methyl sites for hydroxylation is 1. The summed E-state index contributed by atoms with van der Waals surface area (Å²) < 4.78 is 4.95. The molecule has 96 valence electrons. The van der Waals surface area contributed by atoms with Crippen LogP contribution < -0.4 is 5.32 Å². The van der Waals surface area contributed by atoms with Gasteiger partial charge in [-0.15, -0.1) is 0 Å². The van der Waals surface area contributed by atoms with E-state index in [1.165, 1.54) is 5.56 Å². The summed E-state index contributed by atoms with van der Waals surface area (Å²) in [6.07, 6.45) is 0.695. The molecule has 0 aromatic heterocycles. The first-order valence-corrected chi connectivity index (χ1v) is 6.05. The van der Waals surface area contributed by atoms with Gasteiger partial charge in [-0.2, -0.15) is 0 Å². The highest BCUT2D eigenvalue weighted by molar-refractivity contribution is 5.26. The summed E-state index contributed by atoms with van der Waals surface area (Å²) in [5, 5.41) is 13.6. The SMILES string of the molecule is COCCNCCC(C)(O)c1cccc(C)c1. The van der Waals surface area contributed by atoms with E-state index in [9.17, 15) is 5.11 Å². The predicted molar refractivity (Wildman–Crippen MR) is 70.1 cm³/mol. The second kappa shape index (κ2) is 6.74. The molecule has 1 aromatic carbocycles. The van der Waals surface area contributed by atoms with Crippen LogP contribution in [0.2, 0.25) is 0 Å². The monoisotopic (exact) mass is 237 g/mol. The van der Waals surface area contributed by atoms with Crippen molar-refractivity contribution >= 4 is 0 Å². The number of benzene rings is 1. The van der Waals surface area contributed by atoms with Crippen LogP contribution in [-0.2, 0) is 10.3 Å². The quantitative estimate of drug-likeness (QED) is 0.711. The average molecular weight is 237 g/mol. The van der Waals surface area contributed by atoms with E-state index in [4.69, 9.17) is 4.74 Å². The lowest BCUT2D eigenvalue weighted by Gasteiger charge is -2.24. The summed E-state index contributed by atoms with van der Waals surface area (Å²) in [4.78, 5) is 0. The van der Waals surface area contributed by atoms with Crippen molar-refractivity contribution in [1.82, 2.24) is 5.32 Å². The van der Waals surface area contributed by atoms with Crippen molar-refractivity contribution in [2.45, 2.75) is 25.9 Å². The topological polar surface area (TPSA) is 41.5 Å². The zero-order valence-corrected chi connectivity index (χ0v) is 11.0. The number of hydrogen-bond donors (Lipinski definition) is 2. The van der Waals surface area contributed by atoms with Gasteiger partial charge in [0.15, 0.2) is 0 Å². The molecule has 1 atom stereocenters. The average Bonchev–Trinajstić information content (AvgIpc) is 2.29. The largest absolute Gasteiger partial charge is 0.385 e. The molecule has 1 unspecified atom stereocenters. The molecule has 1 rings (SSSR count). The van der Waals surface area contributed by atoms with Gasteiger partial charge in [-0.05, 0) is 32.4 Å². The van der Waals surface area contributed by atoms with E-state index in [2.05, 4.69) is 5.32 Å². The minimum absolute atomic E-state index is 0.695. The van der Waals surface area contributed by atoms with E-state index in [0.29, 0.717) is 13.0 Å². The summed E-state index contributed by atoms with van der Waals surface area (Å²) in [5.41, 5.74) is 1.38. The maximum atomic E-state index is 10.4. The highest BCUT2D eigenvalue weighted by Gasteiger charge is 2.22. The molecule has 0 aliphatic rings. The molecule has 2 N–H and O–H groups in total. The van der Waals surface area contributed by atoms with Gasteiger partial charge >= 0.3 is 0 Å². The van der Waals surface area contributed by atoms with Crippen LogP contribution in [0.5, 0.6) is 0 Å². The van der Waals surface area contributed by atoms with Gasteiger partial charge in [0, 0.05) is 13.7 Å². The van der Waals surface area contributed by atoms with E-state index in [1.807, 2.05) is 38.1 Å². The Morgan fingerprint density at radius 1 is 1.35 bits per heavy atom. The van der Waals surface area contributed by atoms with Crippen LogP contribution in [0.3, 0.4) is 0 Å². The van der Waals surface area contributed by atoms with E-state index >= 15 is 0 Å². The molecule has 0 bridgehead atoms. The molecule has 0 aliphatic carbocycles. The molecule has 3 nitrogen and oxygen atoms in total. The van der Waals surface area contributed by atoms with Crippen LogP contribution in [0, 0.1) is 6.92 Å². The molecular formula is C14H23NO2.